The van der Waals surface area contributed by atoms with Crippen molar-refractivity contribution in [1.29, 1.82) is 0 Å². The van der Waals surface area contributed by atoms with Crippen molar-refractivity contribution in [3.05, 3.63) is 30.1 Å². The van der Waals surface area contributed by atoms with Gasteiger partial charge in [0.2, 0.25) is 0 Å². The molecule has 1 saturated heterocycles. The third-order valence-corrected chi connectivity index (χ3v) is 4.47. The lowest BCUT2D eigenvalue weighted by Crippen LogP contribution is -2.46. The lowest BCUT2D eigenvalue weighted by molar-refractivity contribution is 0.00475. The molecule has 2 fully saturated rings. The largest absolute Gasteiger partial charge is 0.488 e. The van der Waals surface area contributed by atoms with Crippen LogP contribution in [-0.2, 0) is 0 Å². The van der Waals surface area contributed by atoms with Crippen molar-refractivity contribution in [3.63, 3.8) is 0 Å². The van der Waals surface area contributed by atoms with E-state index >= 15 is 0 Å². The van der Waals surface area contributed by atoms with Gasteiger partial charge in [0.1, 0.15) is 23.8 Å². The minimum atomic E-state index is -0.476. The van der Waals surface area contributed by atoms with Gasteiger partial charge in [-0.3, -0.25) is 4.90 Å². The number of hydrogen-bond acceptors (Lipinski definition) is 3. The molecule has 1 aliphatic carbocycles. The quantitative estimate of drug-likeness (QED) is 0.923. The zero-order chi connectivity index (χ0) is 13.9. The van der Waals surface area contributed by atoms with Crippen molar-refractivity contribution in [2.24, 2.45) is 0 Å². The molecule has 1 N–H and O–H groups in total. The molecule has 1 heterocycles. The van der Waals surface area contributed by atoms with Gasteiger partial charge in [0.05, 0.1) is 0 Å². The Bertz CT molecular complexity index is 448. The zero-order valence-corrected chi connectivity index (χ0v) is 11.7. The van der Waals surface area contributed by atoms with Gasteiger partial charge >= 0.3 is 0 Å². The molecule has 4 heteroatoms. The topological polar surface area (TPSA) is 32.7 Å². The van der Waals surface area contributed by atoms with Crippen molar-refractivity contribution in [2.75, 3.05) is 13.1 Å². The fraction of sp³-hybridized carbons (Fsp3) is 0.625. The van der Waals surface area contributed by atoms with Crippen LogP contribution in [0.4, 0.5) is 4.39 Å². The molecular formula is C16H22FNO2. The molecule has 0 radical (unpaired) electrons. The lowest BCUT2D eigenvalue weighted by atomic mass is 10.1. The fourth-order valence-corrected chi connectivity index (χ4v) is 3.42. The highest BCUT2D eigenvalue weighted by atomic mass is 19.1. The number of nitrogens with zero attached hydrogens (tertiary/aromatic N) is 1. The third-order valence-electron chi connectivity index (χ3n) is 4.47. The molecule has 3 nitrogen and oxygen atoms in total. The SMILES string of the molecule is O[C@H]1[C@H](N2CCCCC2)CC[C@H]1Oc1cccc(F)c1. The van der Waals surface area contributed by atoms with E-state index in [1.165, 1.54) is 31.4 Å². The number of piperidine rings is 1. The van der Waals surface area contributed by atoms with Crippen LogP contribution in [0.25, 0.3) is 0 Å². The van der Waals surface area contributed by atoms with Crippen molar-refractivity contribution in [3.8, 4) is 5.75 Å². The first kappa shape index (κ1) is 13.8. The molecule has 0 spiro atoms. The second-order valence-electron chi connectivity index (χ2n) is 5.85. The van der Waals surface area contributed by atoms with Crippen LogP contribution in [0.1, 0.15) is 32.1 Å². The van der Waals surface area contributed by atoms with Crippen LogP contribution in [0.15, 0.2) is 24.3 Å². The second-order valence-corrected chi connectivity index (χ2v) is 5.85. The first-order valence-electron chi connectivity index (χ1n) is 7.58. The van der Waals surface area contributed by atoms with E-state index in [-0.39, 0.29) is 18.0 Å². The summed E-state index contributed by atoms with van der Waals surface area (Å²) in [5.74, 6) is 0.205. The van der Waals surface area contributed by atoms with Gasteiger partial charge in [-0.25, -0.2) is 4.39 Å². The number of aliphatic hydroxyl groups is 1. The van der Waals surface area contributed by atoms with Gasteiger partial charge in [-0.2, -0.15) is 0 Å². The summed E-state index contributed by atoms with van der Waals surface area (Å²) < 4.78 is 18.9. The third kappa shape index (κ3) is 2.96. The Morgan fingerprint density at radius 3 is 2.70 bits per heavy atom. The van der Waals surface area contributed by atoms with Gasteiger partial charge < -0.3 is 9.84 Å². The number of halogens is 1. The Hall–Kier alpha value is -1.13. The van der Waals surface area contributed by atoms with E-state index in [1.54, 1.807) is 12.1 Å². The molecule has 1 aromatic carbocycles. The maximum atomic E-state index is 13.2. The normalized spacial score (nSPS) is 31.4. The monoisotopic (exact) mass is 279 g/mol. The molecular weight excluding hydrogens is 257 g/mol. The summed E-state index contributed by atoms with van der Waals surface area (Å²) in [5, 5.41) is 10.5. The highest BCUT2D eigenvalue weighted by Gasteiger charge is 2.39. The van der Waals surface area contributed by atoms with Crippen LogP contribution >= 0.6 is 0 Å². The van der Waals surface area contributed by atoms with Crippen LogP contribution < -0.4 is 4.74 Å². The molecule has 0 aromatic heterocycles. The van der Waals surface area contributed by atoms with E-state index in [2.05, 4.69) is 4.90 Å². The Kier molecular flexibility index (Phi) is 4.22. The summed E-state index contributed by atoms with van der Waals surface area (Å²) in [5.41, 5.74) is 0. The number of hydrogen-bond donors (Lipinski definition) is 1. The first-order valence-corrected chi connectivity index (χ1v) is 7.58. The Balaban J connectivity index is 1.61. The van der Waals surface area contributed by atoms with Crippen LogP contribution in [0.3, 0.4) is 0 Å². The summed E-state index contributed by atoms with van der Waals surface area (Å²) in [6.07, 6.45) is 4.83. The Labute approximate surface area is 119 Å². The van der Waals surface area contributed by atoms with E-state index in [0.29, 0.717) is 5.75 Å². The predicted molar refractivity (Wildman–Crippen MR) is 75.3 cm³/mol. The number of aliphatic hydroxyl groups excluding tert-OH is 1. The second kappa shape index (κ2) is 6.10. The summed E-state index contributed by atoms with van der Waals surface area (Å²) in [6, 6.07) is 6.35. The molecule has 1 aliphatic heterocycles. The minimum absolute atomic E-state index is 0.203. The average molecular weight is 279 g/mol. The summed E-state index contributed by atoms with van der Waals surface area (Å²) >= 11 is 0. The zero-order valence-electron chi connectivity index (χ0n) is 11.7. The lowest BCUT2D eigenvalue weighted by Gasteiger charge is -2.34. The molecule has 110 valence electrons. The van der Waals surface area contributed by atoms with Crippen LogP contribution in [0.2, 0.25) is 0 Å². The minimum Gasteiger partial charge on any atom is -0.488 e. The van der Waals surface area contributed by atoms with Gasteiger partial charge in [0.15, 0.2) is 0 Å². The molecule has 1 aromatic rings. The van der Waals surface area contributed by atoms with Crippen LogP contribution in [0, 0.1) is 5.82 Å². The highest BCUT2D eigenvalue weighted by Crippen LogP contribution is 2.30. The van der Waals surface area contributed by atoms with E-state index in [0.717, 1.165) is 25.9 Å². The van der Waals surface area contributed by atoms with E-state index in [9.17, 15) is 9.50 Å². The molecule has 20 heavy (non-hydrogen) atoms. The van der Waals surface area contributed by atoms with Crippen LogP contribution in [0.5, 0.6) is 5.75 Å². The van der Waals surface area contributed by atoms with Crippen molar-refractivity contribution < 1.29 is 14.2 Å². The predicted octanol–water partition coefficient (Wildman–Crippen LogP) is 2.58. The Morgan fingerprint density at radius 1 is 1.15 bits per heavy atom. The number of rotatable bonds is 3. The van der Waals surface area contributed by atoms with Crippen molar-refractivity contribution >= 4 is 0 Å². The average Bonchev–Trinajstić information content (AvgIpc) is 2.81. The summed E-state index contributed by atoms with van der Waals surface area (Å²) in [4.78, 5) is 2.39. The summed E-state index contributed by atoms with van der Waals surface area (Å²) in [7, 11) is 0. The molecule has 3 atom stereocenters. The number of likely N-dealkylation sites (tertiary alicyclic amines) is 1. The molecule has 0 amide bonds. The molecule has 1 saturated carbocycles. The van der Waals surface area contributed by atoms with Crippen LogP contribution in [-0.4, -0.2) is 41.3 Å². The molecule has 2 aliphatic rings. The van der Waals surface area contributed by atoms with E-state index in [4.69, 9.17) is 4.74 Å². The maximum Gasteiger partial charge on any atom is 0.126 e. The smallest absolute Gasteiger partial charge is 0.126 e. The van der Waals surface area contributed by atoms with Crippen molar-refractivity contribution in [2.45, 2.75) is 50.4 Å². The Morgan fingerprint density at radius 2 is 1.95 bits per heavy atom. The first-order chi connectivity index (χ1) is 9.74. The fourth-order valence-electron chi connectivity index (χ4n) is 3.42. The standard InChI is InChI=1S/C16H22FNO2/c17-12-5-4-6-13(11-12)20-15-8-7-14(16(15)19)18-9-2-1-3-10-18/h4-6,11,14-16,19H,1-3,7-10H2/t14-,15-,16+/m1/s1. The number of ether oxygens (including phenoxy) is 1. The van der Waals surface area contributed by atoms with Gasteiger partial charge in [0, 0.05) is 12.1 Å². The van der Waals surface area contributed by atoms with Gasteiger partial charge in [-0.05, 0) is 50.9 Å². The van der Waals surface area contributed by atoms with Crippen molar-refractivity contribution in [1.82, 2.24) is 4.90 Å². The molecule has 0 unspecified atom stereocenters. The summed E-state index contributed by atoms with van der Waals surface area (Å²) in [6.45, 7) is 2.16. The van der Waals surface area contributed by atoms with E-state index in [1.807, 2.05) is 0 Å². The van der Waals surface area contributed by atoms with E-state index < -0.39 is 6.10 Å². The van der Waals surface area contributed by atoms with Gasteiger partial charge in [0.25, 0.3) is 0 Å². The van der Waals surface area contributed by atoms with Gasteiger partial charge in [-0.1, -0.05) is 12.5 Å². The maximum absolute atomic E-state index is 13.2. The molecule has 0 bridgehead atoms. The van der Waals surface area contributed by atoms with Gasteiger partial charge in [-0.15, -0.1) is 0 Å². The molecule has 3 rings (SSSR count). The highest BCUT2D eigenvalue weighted by molar-refractivity contribution is 5.23. The number of benzene rings is 1.